The van der Waals surface area contributed by atoms with Gasteiger partial charge in [-0.3, -0.25) is 0 Å². The summed E-state index contributed by atoms with van der Waals surface area (Å²) in [6.07, 6.45) is 8.14. The molecule has 0 fully saturated rings. The van der Waals surface area contributed by atoms with Crippen LogP contribution in [0.25, 0.3) is 0 Å². The van der Waals surface area contributed by atoms with Gasteiger partial charge < -0.3 is 4.18 Å². The van der Waals surface area contributed by atoms with Gasteiger partial charge >= 0.3 is 16.0 Å². The molecular weight excluding hydrogens is 382 g/mol. The van der Waals surface area contributed by atoms with E-state index in [-0.39, 0.29) is 4.90 Å². The van der Waals surface area contributed by atoms with Gasteiger partial charge in [-0.05, 0) is 37.1 Å². The molecule has 29 heavy (non-hydrogen) atoms. The first kappa shape index (κ1) is 21.6. The lowest BCUT2D eigenvalue weighted by atomic mass is 10.0. The number of benzene rings is 2. The molecule has 0 saturated carbocycles. The Bertz CT molecular complexity index is 946. The summed E-state index contributed by atoms with van der Waals surface area (Å²) in [5.41, 5.74) is 3.05. The van der Waals surface area contributed by atoms with Gasteiger partial charge in [0.05, 0.1) is 5.56 Å². The topological polar surface area (TPSA) is 46.4 Å². The molecule has 0 atom stereocenters. The van der Waals surface area contributed by atoms with Crippen LogP contribution in [-0.4, -0.2) is 32.0 Å². The van der Waals surface area contributed by atoms with Crippen molar-refractivity contribution in [2.75, 3.05) is 13.1 Å². The maximum Gasteiger partial charge on any atom is 0.386 e. The fourth-order valence-electron chi connectivity index (χ4n) is 3.73. The number of aryl methyl sites for hydroxylation is 1. The van der Waals surface area contributed by atoms with E-state index in [0.717, 1.165) is 49.0 Å². The Kier molecular flexibility index (Phi) is 7.48. The van der Waals surface area contributed by atoms with E-state index < -0.39 is 10.1 Å². The highest BCUT2D eigenvalue weighted by atomic mass is 32.2. The van der Waals surface area contributed by atoms with Crippen LogP contribution in [0.2, 0.25) is 0 Å². The highest BCUT2D eigenvalue weighted by Gasteiger charge is 2.32. The summed E-state index contributed by atoms with van der Waals surface area (Å²) in [4.78, 5) is 0.193. The van der Waals surface area contributed by atoms with Crippen molar-refractivity contribution < 1.29 is 17.2 Å². The average Bonchev–Trinajstić information content (AvgIpc) is 2.72. The van der Waals surface area contributed by atoms with Crippen molar-refractivity contribution >= 4 is 16.0 Å². The molecule has 0 saturated heterocycles. The van der Waals surface area contributed by atoms with Gasteiger partial charge in [0.1, 0.15) is 11.4 Å². The molecule has 0 aliphatic carbocycles. The van der Waals surface area contributed by atoms with E-state index >= 15 is 0 Å². The van der Waals surface area contributed by atoms with Crippen LogP contribution in [0, 0.1) is 6.92 Å². The minimum atomic E-state index is -3.87. The van der Waals surface area contributed by atoms with Crippen molar-refractivity contribution in [3.05, 3.63) is 65.2 Å². The van der Waals surface area contributed by atoms with Crippen molar-refractivity contribution in [1.82, 2.24) is 0 Å². The summed E-state index contributed by atoms with van der Waals surface area (Å²) in [5, 5.41) is 0. The standard InChI is InChI=1S/C24H32NO3S/c1-3-4-5-6-7-10-18-25-19-17-21-11-8-9-12-23(21)24(25)28-29(26,27)22-15-13-20(2)14-16-22/h8-9,11-16H,3-7,10,17-19H2,1-2H3/q+1. The molecule has 0 radical (unpaired) electrons. The zero-order valence-electron chi connectivity index (χ0n) is 17.6. The highest BCUT2D eigenvalue weighted by molar-refractivity contribution is 7.87. The quantitative estimate of drug-likeness (QED) is 0.327. The van der Waals surface area contributed by atoms with Gasteiger partial charge in [-0.1, -0.05) is 68.5 Å². The maximum atomic E-state index is 12.9. The van der Waals surface area contributed by atoms with Gasteiger partial charge in [0.25, 0.3) is 0 Å². The zero-order chi connectivity index (χ0) is 20.7. The second kappa shape index (κ2) is 10.1. The molecule has 1 aliphatic rings. The van der Waals surface area contributed by atoms with E-state index in [1.807, 2.05) is 25.1 Å². The molecule has 5 heteroatoms. The van der Waals surface area contributed by atoms with E-state index in [9.17, 15) is 8.42 Å². The summed E-state index contributed by atoms with van der Waals surface area (Å²) in [6.45, 7) is 5.76. The van der Waals surface area contributed by atoms with Gasteiger partial charge in [-0.15, -0.1) is 0 Å². The second-order valence-electron chi connectivity index (χ2n) is 7.82. The van der Waals surface area contributed by atoms with Crippen LogP contribution in [-0.2, 0) is 20.7 Å². The first-order valence-electron chi connectivity index (χ1n) is 10.7. The van der Waals surface area contributed by atoms with Crippen molar-refractivity contribution in [3.63, 3.8) is 0 Å². The summed E-state index contributed by atoms with van der Waals surface area (Å²) in [7, 11) is -3.87. The number of nitrogens with zero attached hydrogens (tertiary/aromatic N) is 1. The molecule has 156 valence electrons. The van der Waals surface area contributed by atoms with Gasteiger partial charge in [0.15, 0.2) is 6.54 Å². The first-order valence-corrected chi connectivity index (χ1v) is 12.1. The predicted molar refractivity (Wildman–Crippen MR) is 117 cm³/mol. The van der Waals surface area contributed by atoms with E-state index in [2.05, 4.69) is 17.6 Å². The maximum absolute atomic E-state index is 12.9. The zero-order valence-corrected chi connectivity index (χ0v) is 18.4. The van der Waals surface area contributed by atoms with E-state index in [1.54, 1.807) is 24.3 Å². The number of fused-ring (bicyclic) bond motifs is 1. The molecule has 0 spiro atoms. The van der Waals surface area contributed by atoms with Crippen molar-refractivity contribution in [2.45, 2.75) is 63.7 Å². The number of hydrogen-bond donors (Lipinski definition) is 0. The summed E-state index contributed by atoms with van der Waals surface area (Å²) in [6, 6.07) is 14.8. The lowest BCUT2D eigenvalue weighted by molar-refractivity contribution is -0.535. The number of rotatable bonds is 9. The number of unbranched alkanes of at least 4 members (excludes halogenated alkanes) is 5. The van der Waals surface area contributed by atoms with Gasteiger partial charge in [-0.25, -0.2) is 0 Å². The Labute approximate surface area is 175 Å². The van der Waals surface area contributed by atoms with E-state index in [1.165, 1.54) is 25.7 Å². The Balaban J connectivity index is 1.82. The molecule has 0 aromatic heterocycles. The summed E-state index contributed by atoms with van der Waals surface area (Å²) >= 11 is 0. The third-order valence-corrected chi connectivity index (χ3v) is 6.69. The minimum absolute atomic E-state index is 0.193. The Hall–Kier alpha value is -2.14. The smallest absolute Gasteiger partial charge is 0.319 e. The highest BCUT2D eigenvalue weighted by Crippen LogP contribution is 2.21. The van der Waals surface area contributed by atoms with E-state index in [0.29, 0.717) is 5.90 Å². The molecule has 1 aliphatic heterocycles. The average molecular weight is 415 g/mol. The lowest BCUT2D eigenvalue weighted by Crippen LogP contribution is -2.34. The predicted octanol–water partition coefficient (Wildman–Crippen LogP) is 5.08. The molecule has 2 aromatic rings. The fourth-order valence-corrected chi connectivity index (χ4v) is 4.69. The van der Waals surface area contributed by atoms with Crippen LogP contribution < -0.4 is 0 Å². The Morgan fingerprint density at radius 1 is 0.931 bits per heavy atom. The van der Waals surface area contributed by atoms with Crippen LogP contribution >= 0.6 is 0 Å². The van der Waals surface area contributed by atoms with Crippen LogP contribution in [0.5, 0.6) is 0 Å². The van der Waals surface area contributed by atoms with Crippen LogP contribution in [0.1, 0.15) is 62.1 Å². The summed E-state index contributed by atoms with van der Waals surface area (Å²) in [5.74, 6) is 0.473. The Morgan fingerprint density at radius 3 is 2.38 bits per heavy atom. The molecule has 0 bridgehead atoms. The molecule has 0 amide bonds. The monoisotopic (exact) mass is 414 g/mol. The van der Waals surface area contributed by atoms with Gasteiger partial charge in [0.2, 0.25) is 0 Å². The van der Waals surface area contributed by atoms with Crippen molar-refractivity contribution in [3.8, 4) is 0 Å². The van der Waals surface area contributed by atoms with Crippen LogP contribution in [0.15, 0.2) is 53.4 Å². The molecule has 1 heterocycles. The first-order chi connectivity index (χ1) is 14.0. The molecular formula is C24H32NO3S+. The van der Waals surface area contributed by atoms with Crippen molar-refractivity contribution in [2.24, 2.45) is 0 Å². The van der Waals surface area contributed by atoms with Crippen LogP contribution in [0.4, 0.5) is 0 Å². The third kappa shape index (κ3) is 5.69. The minimum Gasteiger partial charge on any atom is -0.319 e. The normalized spacial score (nSPS) is 14.0. The van der Waals surface area contributed by atoms with Gasteiger partial charge in [-0.2, -0.15) is 13.0 Å². The van der Waals surface area contributed by atoms with Crippen LogP contribution in [0.3, 0.4) is 0 Å². The largest absolute Gasteiger partial charge is 0.386 e. The summed E-state index contributed by atoms with van der Waals surface area (Å²) < 4.78 is 33.8. The van der Waals surface area contributed by atoms with E-state index in [4.69, 9.17) is 4.18 Å². The molecule has 0 N–H and O–H groups in total. The third-order valence-electron chi connectivity index (χ3n) is 5.47. The number of hydrogen-bond acceptors (Lipinski definition) is 3. The lowest BCUT2D eigenvalue weighted by Gasteiger charge is -2.18. The molecule has 4 nitrogen and oxygen atoms in total. The molecule has 3 rings (SSSR count). The molecule has 2 aromatic carbocycles. The Morgan fingerprint density at radius 2 is 1.62 bits per heavy atom. The fraction of sp³-hybridized carbons (Fsp3) is 0.458. The SMILES string of the molecule is CCCCCCCC[N+]1=C(OS(=O)(=O)c2ccc(C)cc2)c2ccccc2CC1. The second-order valence-corrected chi connectivity index (χ2v) is 9.36. The van der Waals surface area contributed by atoms with Gasteiger partial charge in [0, 0.05) is 12.8 Å². The molecule has 0 unspecified atom stereocenters. The van der Waals surface area contributed by atoms with Crippen molar-refractivity contribution in [1.29, 1.82) is 0 Å².